The minimum atomic E-state index is -0.416. The van der Waals surface area contributed by atoms with E-state index in [0.717, 1.165) is 49.2 Å². The van der Waals surface area contributed by atoms with Crippen molar-refractivity contribution in [1.82, 2.24) is 5.32 Å². The smallest absolute Gasteiger partial charge is 0.163 e. The molecule has 2 aromatic rings. The average Bonchev–Trinajstić information content (AvgIpc) is 2.70. The first-order valence-corrected chi connectivity index (χ1v) is 9.78. The molecule has 0 aromatic heterocycles. The van der Waals surface area contributed by atoms with Gasteiger partial charge in [0, 0.05) is 24.4 Å². The van der Waals surface area contributed by atoms with Crippen molar-refractivity contribution in [1.29, 1.82) is 0 Å². The number of benzene rings is 2. The molecule has 0 saturated carbocycles. The van der Waals surface area contributed by atoms with Crippen LogP contribution in [-0.2, 0) is 12.0 Å². The number of fused-ring (bicyclic) bond motifs is 1. The number of piperidine rings is 1. The third-order valence-corrected chi connectivity index (χ3v) is 5.98. The topological polar surface area (TPSA) is 38.3 Å². The van der Waals surface area contributed by atoms with Crippen molar-refractivity contribution >= 4 is 5.78 Å². The predicted octanol–water partition coefficient (Wildman–Crippen LogP) is 4.50. The molecule has 0 amide bonds. The number of Topliss-reactive ketones (excluding diaryl/α,β-unsaturated/α-hetero) is 1. The first-order valence-electron chi connectivity index (χ1n) is 9.78. The molecule has 1 fully saturated rings. The Hall–Kier alpha value is -2.13. The van der Waals surface area contributed by atoms with Crippen molar-refractivity contribution in [2.24, 2.45) is 5.92 Å². The standard InChI is InChI=1S/C23H27NO2/c1-23(18-8-3-2-4-9-18,19-10-6-14-24-16-19)26-20-13-12-17-7-5-11-22(25)21(17)15-20/h2-4,8-9,12-13,15,19,24H,5-7,10-11,14,16H2,1H3. The molecule has 2 aromatic carbocycles. The third-order valence-electron chi connectivity index (χ3n) is 5.98. The Morgan fingerprint density at radius 1 is 1.08 bits per heavy atom. The van der Waals surface area contributed by atoms with Crippen LogP contribution in [0.5, 0.6) is 5.75 Å². The van der Waals surface area contributed by atoms with Crippen molar-refractivity contribution in [2.45, 2.75) is 44.6 Å². The highest BCUT2D eigenvalue weighted by molar-refractivity contribution is 5.98. The van der Waals surface area contributed by atoms with Crippen LogP contribution in [0.3, 0.4) is 0 Å². The van der Waals surface area contributed by atoms with Crippen molar-refractivity contribution in [3.8, 4) is 5.75 Å². The fourth-order valence-corrected chi connectivity index (χ4v) is 4.38. The maximum Gasteiger partial charge on any atom is 0.163 e. The second kappa shape index (κ2) is 7.24. The summed E-state index contributed by atoms with van der Waals surface area (Å²) in [4.78, 5) is 12.3. The maximum atomic E-state index is 12.3. The fraction of sp³-hybridized carbons (Fsp3) is 0.435. The van der Waals surface area contributed by atoms with Crippen LogP contribution >= 0.6 is 0 Å². The second-order valence-corrected chi connectivity index (χ2v) is 7.71. The van der Waals surface area contributed by atoms with E-state index in [4.69, 9.17) is 4.74 Å². The Bertz CT molecular complexity index is 780. The summed E-state index contributed by atoms with van der Waals surface area (Å²) >= 11 is 0. The normalized spacial score (nSPS) is 22.3. The molecule has 0 bridgehead atoms. The first-order chi connectivity index (χ1) is 12.7. The van der Waals surface area contributed by atoms with Crippen LogP contribution in [0, 0.1) is 5.92 Å². The first kappa shape index (κ1) is 17.3. The molecule has 2 atom stereocenters. The Morgan fingerprint density at radius 2 is 1.92 bits per heavy atom. The lowest BCUT2D eigenvalue weighted by atomic mass is 9.78. The third kappa shape index (κ3) is 3.28. The molecular formula is C23H27NO2. The number of aryl methyl sites for hydroxylation is 1. The largest absolute Gasteiger partial charge is 0.483 e. The number of rotatable bonds is 4. The molecule has 0 radical (unpaired) electrons. The van der Waals surface area contributed by atoms with Gasteiger partial charge in [0.15, 0.2) is 5.78 Å². The summed E-state index contributed by atoms with van der Waals surface area (Å²) in [6.07, 6.45) is 4.91. The van der Waals surface area contributed by atoms with Crippen LogP contribution in [0.4, 0.5) is 0 Å². The number of ketones is 1. The van der Waals surface area contributed by atoms with E-state index in [-0.39, 0.29) is 5.78 Å². The van der Waals surface area contributed by atoms with Crippen molar-refractivity contribution < 1.29 is 9.53 Å². The van der Waals surface area contributed by atoms with Crippen molar-refractivity contribution in [2.75, 3.05) is 13.1 Å². The molecule has 3 heteroatoms. The summed E-state index contributed by atoms with van der Waals surface area (Å²) in [5.74, 6) is 1.44. The van der Waals surface area contributed by atoms with Gasteiger partial charge in [0.25, 0.3) is 0 Å². The van der Waals surface area contributed by atoms with Crippen LogP contribution in [0.2, 0.25) is 0 Å². The molecule has 4 rings (SSSR count). The molecule has 2 unspecified atom stereocenters. The lowest BCUT2D eigenvalue weighted by Crippen LogP contribution is -2.46. The predicted molar refractivity (Wildman–Crippen MR) is 104 cm³/mol. The summed E-state index contributed by atoms with van der Waals surface area (Å²) in [7, 11) is 0. The summed E-state index contributed by atoms with van der Waals surface area (Å²) in [6.45, 7) is 4.23. The highest BCUT2D eigenvalue weighted by Gasteiger charge is 2.39. The zero-order valence-electron chi connectivity index (χ0n) is 15.5. The number of ether oxygens (including phenoxy) is 1. The van der Waals surface area contributed by atoms with Gasteiger partial charge in [-0.25, -0.2) is 0 Å². The Balaban J connectivity index is 1.69. The number of hydrogen-bond acceptors (Lipinski definition) is 3. The van der Waals surface area contributed by atoms with Gasteiger partial charge in [-0.3, -0.25) is 4.79 Å². The lowest BCUT2D eigenvalue weighted by Gasteiger charge is -2.41. The SMILES string of the molecule is CC(Oc1ccc2c(c1)C(=O)CCC2)(c1ccccc1)C1CCCNC1. The van der Waals surface area contributed by atoms with Crippen molar-refractivity contribution in [3.05, 3.63) is 65.2 Å². The zero-order chi connectivity index (χ0) is 18.0. The van der Waals surface area contributed by atoms with E-state index in [0.29, 0.717) is 12.3 Å². The number of hydrogen-bond donors (Lipinski definition) is 1. The molecule has 3 nitrogen and oxygen atoms in total. The molecule has 26 heavy (non-hydrogen) atoms. The molecular weight excluding hydrogens is 322 g/mol. The molecule has 1 aliphatic carbocycles. The zero-order valence-corrected chi connectivity index (χ0v) is 15.5. The quantitative estimate of drug-likeness (QED) is 0.883. The minimum Gasteiger partial charge on any atom is -0.483 e. The van der Waals surface area contributed by atoms with Gasteiger partial charge in [-0.05, 0) is 62.4 Å². The van der Waals surface area contributed by atoms with Gasteiger partial charge in [-0.1, -0.05) is 36.4 Å². The Morgan fingerprint density at radius 3 is 2.69 bits per heavy atom. The van der Waals surface area contributed by atoms with Gasteiger partial charge in [0.1, 0.15) is 11.4 Å². The van der Waals surface area contributed by atoms with Gasteiger partial charge in [-0.15, -0.1) is 0 Å². The Labute approximate surface area is 155 Å². The number of carbonyl (C=O) groups excluding carboxylic acids is 1. The molecule has 1 aliphatic heterocycles. The van der Waals surface area contributed by atoms with E-state index in [1.165, 1.54) is 12.0 Å². The van der Waals surface area contributed by atoms with Gasteiger partial charge >= 0.3 is 0 Å². The number of nitrogens with one attached hydrogen (secondary N) is 1. The fourth-order valence-electron chi connectivity index (χ4n) is 4.38. The Kier molecular flexibility index (Phi) is 4.82. The van der Waals surface area contributed by atoms with Gasteiger partial charge < -0.3 is 10.1 Å². The van der Waals surface area contributed by atoms with Gasteiger partial charge in [-0.2, -0.15) is 0 Å². The summed E-state index contributed by atoms with van der Waals surface area (Å²) in [5.41, 5.74) is 2.79. The summed E-state index contributed by atoms with van der Waals surface area (Å²) in [5, 5.41) is 3.52. The van der Waals surface area contributed by atoms with Crippen LogP contribution in [0.25, 0.3) is 0 Å². The summed E-state index contributed by atoms with van der Waals surface area (Å²) < 4.78 is 6.65. The van der Waals surface area contributed by atoms with E-state index in [1.807, 2.05) is 18.2 Å². The van der Waals surface area contributed by atoms with Gasteiger partial charge in [0.05, 0.1) is 0 Å². The van der Waals surface area contributed by atoms with Crippen LogP contribution < -0.4 is 10.1 Å². The maximum absolute atomic E-state index is 12.3. The van der Waals surface area contributed by atoms with Crippen molar-refractivity contribution in [3.63, 3.8) is 0 Å². The molecule has 136 valence electrons. The highest BCUT2D eigenvalue weighted by Crippen LogP contribution is 2.39. The minimum absolute atomic E-state index is 0.248. The van der Waals surface area contributed by atoms with E-state index in [2.05, 4.69) is 42.6 Å². The molecule has 1 saturated heterocycles. The highest BCUT2D eigenvalue weighted by atomic mass is 16.5. The lowest BCUT2D eigenvalue weighted by molar-refractivity contribution is 0.00988. The summed E-state index contributed by atoms with van der Waals surface area (Å²) in [6, 6.07) is 16.6. The van der Waals surface area contributed by atoms with E-state index in [9.17, 15) is 4.79 Å². The molecule has 2 aliphatic rings. The second-order valence-electron chi connectivity index (χ2n) is 7.71. The van der Waals surface area contributed by atoms with Crippen LogP contribution in [-0.4, -0.2) is 18.9 Å². The molecule has 1 heterocycles. The molecule has 0 spiro atoms. The van der Waals surface area contributed by atoms with Crippen LogP contribution in [0.15, 0.2) is 48.5 Å². The van der Waals surface area contributed by atoms with Crippen LogP contribution in [0.1, 0.15) is 54.1 Å². The average molecular weight is 349 g/mol. The van der Waals surface area contributed by atoms with E-state index >= 15 is 0 Å². The van der Waals surface area contributed by atoms with E-state index < -0.39 is 5.60 Å². The monoisotopic (exact) mass is 349 g/mol. The molecule has 1 N–H and O–H groups in total. The number of carbonyl (C=O) groups is 1. The van der Waals surface area contributed by atoms with E-state index in [1.54, 1.807) is 0 Å². The van der Waals surface area contributed by atoms with Gasteiger partial charge in [0.2, 0.25) is 0 Å².